The van der Waals surface area contributed by atoms with Crippen LogP contribution in [0.25, 0.3) is 5.70 Å². The Hall–Kier alpha value is -4.09. The van der Waals surface area contributed by atoms with Crippen LogP contribution in [0.2, 0.25) is 0 Å². The molecule has 194 valence electrons. The van der Waals surface area contributed by atoms with Gasteiger partial charge < -0.3 is 14.6 Å². The molecule has 1 atom stereocenters. The molecule has 2 aromatic heterocycles. The molecule has 0 bridgehead atoms. The van der Waals surface area contributed by atoms with Gasteiger partial charge in [-0.15, -0.1) is 21.5 Å². The molecule has 0 radical (unpaired) electrons. The van der Waals surface area contributed by atoms with Crippen molar-refractivity contribution in [2.24, 2.45) is 7.05 Å². The molecule has 1 aliphatic heterocycles. The summed E-state index contributed by atoms with van der Waals surface area (Å²) in [5.41, 5.74) is 5.74. The number of carbonyl (C=O) groups excluding carboxylic acids is 2. The van der Waals surface area contributed by atoms with E-state index in [1.807, 2.05) is 67.0 Å². The lowest BCUT2D eigenvalue weighted by molar-refractivity contribution is -0.131. The lowest BCUT2D eigenvalue weighted by atomic mass is 10.1. The van der Waals surface area contributed by atoms with Gasteiger partial charge in [-0.25, -0.2) is 5.01 Å². The van der Waals surface area contributed by atoms with Crippen LogP contribution < -0.4 is 15.5 Å². The Morgan fingerprint density at radius 3 is 2.58 bits per heavy atom. The van der Waals surface area contributed by atoms with Gasteiger partial charge in [0.15, 0.2) is 11.0 Å². The normalized spacial score (nSPS) is 14.6. The van der Waals surface area contributed by atoms with Crippen molar-refractivity contribution < 1.29 is 14.3 Å². The molecule has 0 aliphatic carbocycles. The third-order valence-electron chi connectivity index (χ3n) is 6.05. The van der Waals surface area contributed by atoms with Crippen molar-refractivity contribution in [1.29, 1.82) is 0 Å². The summed E-state index contributed by atoms with van der Waals surface area (Å²) in [5.74, 6) is 1.24. The highest BCUT2D eigenvalue weighted by Crippen LogP contribution is 2.34. The van der Waals surface area contributed by atoms with E-state index >= 15 is 0 Å². The lowest BCUT2D eigenvalue weighted by Gasteiger charge is -2.25. The fourth-order valence-electron chi connectivity index (χ4n) is 3.97. The number of carbonyl (C=O) groups is 2. The number of nitrogens with one attached hydrogen (secondary N) is 2. The molecule has 4 aromatic rings. The third kappa shape index (κ3) is 5.58. The van der Waals surface area contributed by atoms with E-state index in [9.17, 15) is 9.59 Å². The Morgan fingerprint density at radius 1 is 1.08 bits per heavy atom. The summed E-state index contributed by atoms with van der Waals surface area (Å²) in [4.78, 5) is 26.8. The van der Waals surface area contributed by atoms with Crippen molar-refractivity contribution >= 4 is 40.6 Å². The minimum atomic E-state index is -0.269. The van der Waals surface area contributed by atoms with Crippen molar-refractivity contribution in [3.63, 3.8) is 0 Å². The number of hydrogen-bond donors (Lipinski definition) is 2. The van der Waals surface area contributed by atoms with Crippen molar-refractivity contribution in [3.05, 3.63) is 100 Å². The van der Waals surface area contributed by atoms with Gasteiger partial charge in [0.05, 0.1) is 36.0 Å². The number of methoxy groups -OCH3 is 1. The molecule has 0 saturated heterocycles. The van der Waals surface area contributed by atoms with Crippen molar-refractivity contribution in [3.8, 4) is 5.75 Å². The summed E-state index contributed by atoms with van der Waals surface area (Å²) in [7, 11) is 3.45. The summed E-state index contributed by atoms with van der Waals surface area (Å²) in [5, 5.41) is 15.5. The lowest BCUT2D eigenvalue weighted by Crippen LogP contribution is -2.40. The molecular formula is C27H26N6O3S2. The number of aromatic nitrogens is 3. The highest BCUT2D eigenvalue weighted by atomic mass is 32.2. The topological polar surface area (TPSA) is 101 Å². The van der Waals surface area contributed by atoms with Gasteiger partial charge >= 0.3 is 0 Å². The maximum atomic E-state index is 13.4. The average Bonchev–Trinajstić information content (AvgIpc) is 3.71. The van der Waals surface area contributed by atoms with E-state index in [0.717, 1.165) is 21.9 Å². The van der Waals surface area contributed by atoms with E-state index in [1.165, 1.54) is 11.8 Å². The van der Waals surface area contributed by atoms with Gasteiger partial charge in [-0.2, -0.15) is 0 Å². The number of ether oxygens (including phenoxy) is 1. The molecule has 0 fully saturated rings. The van der Waals surface area contributed by atoms with Crippen molar-refractivity contribution in [1.82, 2.24) is 30.5 Å². The second kappa shape index (κ2) is 11.5. The number of hydrazine groups is 1. The summed E-state index contributed by atoms with van der Waals surface area (Å²) >= 11 is 2.91. The van der Waals surface area contributed by atoms with Crippen LogP contribution >= 0.6 is 23.1 Å². The number of hydrogen-bond acceptors (Lipinski definition) is 8. The molecule has 1 aliphatic rings. The van der Waals surface area contributed by atoms with E-state index < -0.39 is 0 Å². The average molecular weight is 547 g/mol. The van der Waals surface area contributed by atoms with Crippen LogP contribution in [0.5, 0.6) is 5.75 Å². The van der Waals surface area contributed by atoms with Gasteiger partial charge in [0.25, 0.3) is 11.8 Å². The first-order valence-electron chi connectivity index (χ1n) is 11.9. The highest BCUT2D eigenvalue weighted by molar-refractivity contribution is 7.99. The third-order valence-corrected chi connectivity index (χ3v) is 7.96. The fraction of sp³-hybridized carbons (Fsp3) is 0.185. The molecule has 2 N–H and O–H groups in total. The van der Waals surface area contributed by atoms with Crippen LogP contribution in [-0.2, 0) is 18.4 Å². The molecule has 11 heteroatoms. The van der Waals surface area contributed by atoms with E-state index in [4.69, 9.17) is 4.74 Å². The maximum Gasteiger partial charge on any atom is 0.252 e. The molecule has 38 heavy (non-hydrogen) atoms. The minimum Gasteiger partial charge on any atom is -0.497 e. The smallest absolute Gasteiger partial charge is 0.252 e. The number of nitrogens with zero attached hydrogens (tertiary/aromatic N) is 4. The molecule has 2 amide bonds. The summed E-state index contributed by atoms with van der Waals surface area (Å²) < 4.78 is 7.08. The second-order valence-corrected chi connectivity index (χ2v) is 10.3. The largest absolute Gasteiger partial charge is 0.497 e. The number of thioether (sulfide) groups is 1. The first-order chi connectivity index (χ1) is 18.5. The van der Waals surface area contributed by atoms with E-state index in [-0.39, 0.29) is 30.2 Å². The van der Waals surface area contributed by atoms with Gasteiger partial charge in [-0.05, 0) is 47.4 Å². The molecular weight excluding hydrogens is 520 g/mol. The number of amides is 2. The van der Waals surface area contributed by atoms with Gasteiger partial charge in [0.1, 0.15) is 5.75 Å². The molecule has 0 spiro atoms. The van der Waals surface area contributed by atoms with Crippen LogP contribution in [0.4, 0.5) is 0 Å². The van der Waals surface area contributed by atoms with Gasteiger partial charge in [0.2, 0.25) is 0 Å². The van der Waals surface area contributed by atoms with Crippen LogP contribution in [0.1, 0.15) is 32.7 Å². The fourth-order valence-corrected chi connectivity index (χ4v) is 5.46. The molecule has 0 saturated carbocycles. The second-order valence-electron chi connectivity index (χ2n) is 8.45. The van der Waals surface area contributed by atoms with Crippen LogP contribution in [-0.4, -0.2) is 44.5 Å². The summed E-state index contributed by atoms with van der Waals surface area (Å²) in [6.45, 7) is 0.229. The van der Waals surface area contributed by atoms with Crippen molar-refractivity contribution in [2.75, 3.05) is 12.9 Å². The monoisotopic (exact) mass is 546 g/mol. The van der Waals surface area contributed by atoms with Crippen LogP contribution in [0, 0.1) is 0 Å². The molecule has 3 heterocycles. The Morgan fingerprint density at radius 2 is 1.87 bits per heavy atom. The standard InChI is InChI=1S/C27H26N6O3S2/c1-32-24(16-28-26(35)19-7-4-3-5-8-19)29-30-27(32)38-17-25(34)33-22(18-10-12-20(36-2)13-11-18)15-21(31-33)23-9-6-14-37-23/h3-15,22,31H,16-17H2,1-2H3,(H,28,35). The van der Waals surface area contributed by atoms with Gasteiger partial charge in [-0.1, -0.05) is 48.2 Å². The number of rotatable bonds is 9. The Balaban J connectivity index is 1.24. The first-order valence-corrected chi connectivity index (χ1v) is 13.7. The number of benzene rings is 2. The summed E-state index contributed by atoms with van der Waals surface area (Å²) in [6, 6.07) is 20.4. The first kappa shape index (κ1) is 25.6. The maximum absolute atomic E-state index is 13.4. The Bertz CT molecular complexity index is 1440. The van der Waals surface area contributed by atoms with Crippen molar-refractivity contribution in [2.45, 2.75) is 17.7 Å². The predicted octanol–water partition coefficient (Wildman–Crippen LogP) is 4.04. The predicted molar refractivity (Wildman–Crippen MR) is 147 cm³/mol. The van der Waals surface area contributed by atoms with Crippen LogP contribution in [0.15, 0.2) is 83.3 Å². The van der Waals surface area contributed by atoms with Gasteiger partial charge in [0, 0.05) is 12.6 Å². The molecule has 5 rings (SSSR count). The van der Waals surface area contributed by atoms with Gasteiger partial charge in [-0.3, -0.25) is 15.0 Å². The molecule has 9 nitrogen and oxygen atoms in total. The molecule has 1 unspecified atom stereocenters. The van der Waals surface area contributed by atoms with E-state index in [2.05, 4.69) is 27.0 Å². The quantitative estimate of drug-likeness (QED) is 0.306. The van der Waals surface area contributed by atoms with Crippen LogP contribution in [0.3, 0.4) is 0 Å². The number of thiophene rings is 1. The Labute approximate surface area is 228 Å². The summed E-state index contributed by atoms with van der Waals surface area (Å²) in [6.07, 6.45) is 2.06. The zero-order chi connectivity index (χ0) is 26.5. The SMILES string of the molecule is COc1ccc(C2C=C(c3cccs3)NN2C(=O)CSc2nnc(CNC(=O)c3ccccc3)n2C)cc1. The molecule has 2 aromatic carbocycles. The Kier molecular flexibility index (Phi) is 7.75. The highest BCUT2D eigenvalue weighted by Gasteiger charge is 2.31. The zero-order valence-electron chi connectivity index (χ0n) is 20.8. The zero-order valence-corrected chi connectivity index (χ0v) is 22.5. The van der Waals surface area contributed by atoms with E-state index in [0.29, 0.717) is 16.5 Å². The van der Waals surface area contributed by atoms with E-state index in [1.54, 1.807) is 40.2 Å². The minimum absolute atomic E-state index is 0.0967.